The Balaban J connectivity index is 1.18. The molecule has 4 aromatic heterocycles. The Kier molecular flexibility index (Phi) is 6.19. The summed E-state index contributed by atoms with van der Waals surface area (Å²) in [5.74, 6) is 0. The van der Waals surface area contributed by atoms with Crippen molar-refractivity contribution in [3.63, 3.8) is 0 Å². The van der Waals surface area contributed by atoms with Crippen LogP contribution in [-0.4, -0.2) is 0 Å². The van der Waals surface area contributed by atoms with Gasteiger partial charge in [0.2, 0.25) is 0 Å². The molecule has 5 aromatic carbocycles. The highest BCUT2D eigenvalue weighted by molar-refractivity contribution is 7.28. The van der Waals surface area contributed by atoms with Crippen molar-refractivity contribution in [1.82, 2.24) is 0 Å². The van der Waals surface area contributed by atoms with E-state index in [0.717, 1.165) is 72.4 Å². The first-order valence-electron chi connectivity index (χ1n) is 15.2. The molecule has 0 atom stereocenters. The van der Waals surface area contributed by atoms with Crippen LogP contribution in [0.2, 0.25) is 0 Å². The number of thiophene rings is 4. The molecule has 0 bridgehead atoms. The van der Waals surface area contributed by atoms with E-state index >= 15 is 0 Å². The molecule has 46 heavy (non-hydrogen) atoms. The zero-order valence-corrected chi connectivity index (χ0v) is 28.8. The van der Waals surface area contributed by atoms with Crippen molar-refractivity contribution >= 4 is 87.1 Å². The largest absolute Gasteiger partial charge is 0.289 e. The van der Waals surface area contributed by atoms with Crippen molar-refractivity contribution in [3.8, 4) is 40.4 Å². The fourth-order valence-electron chi connectivity index (χ4n) is 6.82. The Morgan fingerprint density at radius 3 is 1.15 bits per heavy atom. The first-order valence-corrected chi connectivity index (χ1v) is 18.4. The summed E-state index contributed by atoms with van der Waals surface area (Å²) in [7, 11) is 0. The van der Waals surface area contributed by atoms with Crippen LogP contribution in [-0.2, 0) is 0 Å². The van der Waals surface area contributed by atoms with Gasteiger partial charge in [-0.2, -0.15) is 0 Å². The second-order valence-electron chi connectivity index (χ2n) is 12.2. The molecule has 2 nitrogen and oxygen atoms in total. The van der Waals surface area contributed by atoms with Crippen molar-refractivity contribution < 1.29 is 0 Å². The van der Waals surface area contributed by atoms with Crippen molar-refractivity contribution in [2.45, 2.75) is 27.7 Å². The van der Waals surface area contributed by atoms with Gasteiger partial charge in [-0.05, 0) is 86.3 Å². The summed E-state index contributed by atoms with van der Waals surface area (Å²) in [5.41, 5.74) is 6.89. The van der Waals surface area contributed by atoms with Crippen molar-refractivity contribution in [2.24, 2.45) is 0 Å². The number of fused-ring (bicyclic) bond motifs is 6. The van der Waals surface area contributed by atoms with E-state index < -0.39 is 0 Å². The SMILES string of the molecule is Cc1ccc(-c2ccc(-c3cc4c(=O)c5c(C)c6c(c(C)c5c4s3)c(=O)c3cc(-c4ccc(-c5ccc(C)cc5)s4)sc36)s2)cc1. The quantitative estimate of drug-likeness (QED) is 0.187. The average molecular weight is 667 g/mol. The minimum Gasteiger partial charge on any atom is -0.289 e. The van der Waals surface area contributed by atoms with Crippen LogP contribution in [0.1, 0.15) is 22.3 Å². The minimum absolute atomic E-state index is 0.0740. The fourth-order valence-corrected chi connectivity index (χ4v) is 11.5. The van der Waals surface area contributed by atoms with E-state index in [9.17, 15) is 9.59 Å². The molecule has 0 radical (unpaired) electrons. The van der Waals surface area contributed by atoms with Crippen LogP contribution in [0.4, 0.5) is 0 Å². The van der Waals surface area contributed by atoms with E-state index in [1.165, 1.54) is 32.0 Å². The highest BCUT2D eigenvalue weighted by Crippen LogP contribution is 2.47. The van der Waals surface area contributed by atoms with Gasteiger partial charge in [-0.25, -0.2) is 0 Å². The Hall–Kier alpha value is -4.20. The monoisotopic (exact) mass is 666 g/mol. The lowest BCUT2D eigenvalue weighted by Crippen LogP contribution is -2.00. The normalized spacial score (nSPS) is 12.1. The van der Waals surface area contributed by atoms with Crippen LogP contribution in [0.5, 0.6) is 0 Å². The number of rotatable bonds is 4. The fraction of sp³-hybridized carbons (Fsp3) is 0.100. The molecule has 4 heterocycles. The van der Waals surface area contributed by atoms with E-state index in [2.05, 4.69) is 98.8 Å². The molecular weight excluding hydrogens is 641 g/mol. The highest BCUT2D eigenvalue weighted by atomic mass is 32.1. The third kappa shape index (κ3) is 4.04. The van der Waals surface area contributed by atoms with Gasteiger partial charge < -0.3 is 0 Å². The molecule has 0 saturated carbocycles. The van der Waals surface area contributed by atoms with Gasteiger partial charge in [-0.15, -0.1) is 45.3 Å². The number of hydrogen-bond acceptors (Lipinski definition) is 6. The Labute approximate surface area is 281 Å². The van der Waals surface area contributed by atoms with E-state index in [0.29, 0.717) is 0 Å². The first-order chi connectivity index (χ1) is 22.3. The van der Waals surface area contributed by atoms with Crippen molar-refractivity contribution in [2.75, 3.05) is 0 Å². The molecule has 0 N–H and O–H groups in total. The highest BCUT2D eigenvalue weighted by Gasteiger charge is 2.26. The lowest BCUT2D eigenvalue weighted by Gasteiger charge is -2.05. The summed E-state index contributed by atoms with van der Waals surface area (Å²) in [4.78, 5) is 35.1. The Morgan fingerprint density at radius 2 is 0.761 bits per heavy atom. The maximum Gasteiger partial charge on any atom is 0.195 e. The number of aryl methyl sites for hydroxylation is 4. The molecule has 0 aliphatic rings. The van der Waals surface area contributed by atoms with Gasteiger partial charge >= 0.3 is 0 Å². The molecule has 6 heteroatoms. The Bertz CT molecular complexity index is 2560. The maximum absolute atomic E-state index is 14.1. The molecule has 0 aliphatic heterocycles. The third-order valence-corrected chi connectivity index (χ3v) is 14.2. The van der Waals surface area contributed by atoms with Crippen molar-refractivity contribution in [1.29, 1.82) is 0 Å². The molecule has 9 rings (SSSR count). The second kappa shape index (κ2) is 10.1. The lowest BCUT2D eigenvalue weighted by atomic mass is 9.99. The van der Waals surface area contributed by atoms with E-state index in [1.807, 2.05) is 13.8 Å². The summed E-state index contributed by atoms with van der Waals surface area (Å²) in [6.07, 6.45) is 0. The van der Waals surface area contributed by atoms with Crippen LogP contribution in [0.3, 0.4) is 0 Å². The first kappa shape index (κ1) is 28.1. The molecule has 0 saturated heterocycles. The van der Waals surface area contributed by atoms with Crippen LogP contribution in [0, 0.1) is 27.7 Å². The number of benzene rings is 3. The summed E-state index contributed by atoms with van der Waals surface area (Å²) >= 11 is 6.85. The van der Waals surface area contributed by atoms with Gasteiger partial charge in [0.25, 0.3) is 0 Å². The van der Waals surface area contributed by atoms with Crippen LogP contribution >= 0.6 is 45.3 Å². The van der Waals surface area contributed by atoms with Crippen LogP contribution in [0.25, 0.3) is 82.1 Å². The third-order valence-electron chi connectivity index (χ3n) is 9.23. The average Bonchev–Trinajstić information content (AvgIpc) is 3.89. The topological polar surface area (TPSA) is 34.1 Å². The molecule has 0 unspecified atom stereocenters. The van der Waals surface area contributed by atoms with Gasteiger partial charge in [-0.3, -0.25) is 9.59 Å². The van der Waals surface area contributed by atoms with Gasteiger partial charge in [0.05, 0.1) is 0 Å². The van der Waals surface area contributed by atoms with Gasteiger partial charge in [0.15, 0.2) is 10.9 Å². The molecule has 0 spiro atoms. The van der Waals surface area contributed by atoms with Gasteiger partial charge in [0.1, 0.15) is 0 Å². The van der Waals surface area contributed by atoms with Gasteiger partial charge in [0, 0.05) is 71.0 Å². The smallest absolute Gasteiger partial charge is 0.195 e. The van der Waals surface area contributed by atoms with E-state index in [-0.39, 0.29) is 10.9 Å². The molecule has 9 aromatic rings. The van der Waals surface area contributed by atoms with E-state index in [1.54, 1.807) is 45.3 Å². The van der Waals surface area contributed by atoms with Crippen LogP contribution in [0.15, 0.2) is 94.5 Å². The summed E-state index contributed by atoms with van der Waals surface area (Å²) < 4.78 is 1.99. The van der Waals surface area contributed by atoms with E-state index in [4.69, 9.17) is 0 Å². The minimum atomic E-state index is 0.0740. The molecule has 0 fully saturated rings. The zero-order valence-electron chi connectivity index (χ0n) is 25.5. The maximum atomic E-state index is 14.1. The molecular formula is C40H26O2S4. The summed E-state index contributed by atoms with van der Waals surface area (Å²) in [6, 6.07) is 30.0. The summed E-state index contributed by atoms with van der Waals surface area (Å²) in [5, 5.41) is 4.96. The second-order valence-corrected chi connectivity index (χ2v) is 16.4. The van der Waals surface area contributed by atoms with Crippen molar-refractivity contribution in [3.05, 3.63) is 128 Å². The van der Waals surface area contributed by atoms with Crippen LogP contribution < -0.4 is 10.9 Å². The predicted octanol–water partition coefficient (Wildman–Crippen LogP) is 12.0. The predicted molar refractivity (Wildman–Crippen MR) is 204 cm³/mol. The Morgan fingerprint density at radius 1 is 0.391 bits per heavy atom. The molecule has 222 valence electrons. The zero-order chi connectivity index (χ0) is 31.4. The van der Waals surface area contributed by atoms with Gasteiger partial charge in [-0.1, -0.05) is 59.7 Å². The molecule has 0 aliphatic carbocycles. The molecule has 0 amide bonds. The number of hydrogen-bond donors (Lipinski definition) is 0. The lowest BCUT2D eigenvalue weighted by molar-refractivity contribution is 1.48. The summed E-state index contributed by atoms with van der Waals surface area (Å²) in [6.45, 7) is 8.26. The standard InChI is InChI=1S/C40H26O2S4/c1-19-5-9-23(10-6-19)27-13-15-29(43-27)31-17-25-37(41)33-22(4)36-34(21(3)35(33)39(25)45-31)38(42)26-18-32(46-40(26)36)30-16-14-28(44-30)24-11-7-20(2)8-12-24/h5-18H,1-4H3.